The number of rotatable bonds is 5. The molecule has 0 saturated heterocycles. The Balaban J connectivity index is 2.36. The van der Waals surface area contributed by atoms with Crippen LogP contribution in [0.4, 0.5) is 0 Å². The summed E-state index contributed by atoms with van der Waals surface area (Å²) in [6, 6.07) is 14.4. The average Bonchev–Trinajstić information content (AvgIpc) is 2.52. The minimum atomic E-state index is -1.13. The van der Waals surface area contributed by atoms with Crippen LogP contribution in [0, 0.1) is 11.3 Å². The second-order valence-corrected chi connectivity index (χ2v) is 5.35. The van der Waals surface area contributed by atoms with E-state index in [-0.39, 0.29) is 15.8 Å². The summed E-state index contributed by atoms with van der Waals surface area (Å²) in [6.45, 7) is -0.540. The molecular formula is C17H11Cl2NO3. The van der Waals surface area contributed by atoms with Crippen LogP contribution in [0.5, 0.6) is 5.75 Å². The number of halogens is 2. The molecule has 0 radical (unpaired) electrons. The van der Waals surface area contributed by atoms with Crippen LogP contribution in [0.2, 0.25) is 10.0 Å². The fourth-order valence-electron chi connectivity index (χ4n) is 1.90. The molecule has 0 bridgehead atoms. The van der Waals surface area contributed by atoms with Crippen molar-refractivity contribution in [1.29, 1.82) is 5.26 Å². The summed E-state index contributed by atoms with van der Waals surface area (Å²) in [5, 5.41) is 18.3. The highest BCUT2D eigenvalue weighted by atomic mass is 35.5. The Bertz CT molecular complexity index is 772. The first-order valence-electron chi connectivity index (χ1n) is 6.52. The predicted molar refractivity (Wildman–Crippen MR) is 89.5 cm³/mol. The first kappa shape index (κ1) is 16.9. The standard InChI is InChI=1S/C17H11Cl2NO3/c18-14-7-11(8-15(19)17(14)23-10-16(21)22)6-13(9-20)12-4-2-1-3-5-12/h1-8H,10H2,(H,21,22)/b13-6+. The Hall–Kier alpha value is -2.48. The summed E-state index contributed by atoms with van der Waals surface area (Å²) < 4.78 is 5.05. The van der Waals surface area contributed by atoms with Gasteiger partial charge in [0.05, 0.1) is 21.7 Å². The first-order chi connectivity index (χ1) is 11.0. The molecule has 0 aliphatic rings. The minimum Gasteiger partial charge on any atom is -0.479 e. The number of nitriles is 1. The van der Waals surface area contributed by atoms with E-state index in [4.69, 9.17) is 33.0 Å². The van der Waals surface area contributed by atoms with Gasteiger partial charge < -0.3 is 9.84 Å². The molecule has 0 unspecified atom stereocenters. The molecule has 0 aliphatic carbocycles. The van der Waals surface area contributed by atoms with Crippen LogP contribution in [0.15, 0.2) is 42.5 Å². The van der Waals surface area contributed by atoms with Crippen molar-refractivity contribution in [3.05, 3.63) is 63.6 Å². The van der Waals surface area contributed by atoms with Crippen LogP contribution in [-0.4, -0.2) is 17.7 Å². The second kappa shape index (κ2) is 7.68. The highest BCUT2D eigenvalue weighted by molar-refractivity contribution is 6.37. The van der Waals surface area contributed by atoms with E-state index in [9.17, 15) is 10.1 Å². The third-order valence-electron chi connectivity index (χ3n) is 2.88. The maximum atomic E-state index is 10.5. The fourth-order valence-corrected chi connectivity index (χ4v) is 2.51. The van der Waals surface area contributed by atoms with Gasteiger partial charge in [-0.1, -0.05) is 53.5 Å². The van der Waals surface area contributed by atoms with Crippen molar-refractivity contribution in [2.45, 2.75) is 0 Å². The van der Waals surface area contributed by atoms with Crippen molar-refractivity contribution in [1.82, 2.24) is 0 Å². The molecule has 2 rings (SSSR count). The fraction of sp³-hybridized carbons (Fsp3) is 0.0588. The number of hydrogen-bond donors (Lipinski definition) is 1. The third-order valence-corrected chi connectivity index (χ3v) is 3.44. The van der Waals surface area contributed by atoms with Gasteiger partial charge in [0.1, 0.15) is 0 Å². The zero-order chi connectivity index (χ0) is 16.8. The largest absolute Gasteiger partial charge is 0.479 e. The minimum absolute atomic E-state index is 0.103. The number of nitrogens with zero attached hydrogens (tertiary/aromatic N) is 1. The van der Waals surface area contributed by atoms with Crippen LogP contribution in [0.3, 0.4) is 0 Å². The number of carboxylic acids is 1. The molecular weight excluding hydrogens is 337 g/mol. The van der Waals surface area contributed by atoms with Gasteiger partial charge in [-0.15, -0.1) is 0 Å². The van der Waals surface area contributed by atoms with Gasteiger partial charge in [-0.25, -0.2) is 4.79 Å². The second-order valence-electron chi connectivity index (χ2n) is 4.53. The summed E-state index contributed by atoms with van der Waals surface area (Å²) in [4.78, 5) is 10.5. The molecule has 0 atom stereocenters. The predicted octanol–water partition coefficient (Wildman–Crippen LogP) is 4.52. The summed E-state index contributed by atoms with van der Waals surface area (Å²) in [6.07, 6.45) is 1.65. The maximum Gasteiger partial charge on any atom is 0.341 e. The van der Waals surface area contributed by atoms with Gasteiger partial charge in [0.25, 0.3) is 0 Å². The van der Waals surface area contributed by atoms with Crippen LogP contribution >= 0.6 is 23.2 Å². The molecule has 23 heavy (non-hydrogen) atoms. The van der Waals surface area contributed by atoms with Crippen LogP contribution in [0.1, 0.15) is 11.1 Å². The molecule has 116 valence electrons. The number of benzene rings is 2. The van der Waals surface area contributed by atoms with E-state index in [1.807, 2.05) is 30.3 Å². The Morgan fingerprint density at radius 2 is 1.83 bits per heavy atom. The Kier molecular flexibility index (Phi) is 5.64. The van der Waals surface area contributed by atoms with Crippen molar-refractivity contribution in [3.8, 4) is 11.8 Å². The lowest BCUT2D eigenvalue weighted by atomic mass is 10.0. The molecule has 2 aromatic carbocycles. The SMILES string of the molecule is N#C/C(=C\c1cc(Cl)c(OCC(=O)O)c(Cl)c1)c1ccccc1. The average molecular weight is 348 g/mol. The number of hydrogen-bond acceptors (Lipinski definition) is 3. The van der Waals surface area contributed by atoms with Gasteiger partial charge >= 0.3 is 5.97 Å². The van der Waals surface area contributed by atoms with Crippen LogP contribution < -0.4 is 4.74 Å². The molecule has 2 aromatic rings. The zero-order valence-corrected chi connectivity index (χ0v) is 13.3. The smallest absolute Gasteiger partial charge is 0.341 e. The third kappa shape index (κ3) is 4.49. The maximum absolute atomic E-state index is 10.5. The lowest BCUT2D eigenvalue weighted by molar-refractivity contribution is -0.139. The zero-order valence-electron chi connectivity index (χ0n) is 11.8. The van der Waals surface area contributed by atoms with Crippen LogP contribution in [0.25, 0.3) is 11.6 Å². The highest BCUT2D eigenvalue weighted by Gasteiger charge is 2.11. The van der Waals surface area contributed by atoms with Crippen molar-refractivity contribution in [2.75, 3.05) is 6.61 Å². The van der Waals surface area contributed by atoms with Gasteiger partial charge in [0.2, 0.25) is 0 Å². The Morgan fingerprint density at radius 3 is 2.35 bits per heavy atom. The molecule has 0 spiro atoms. The molecule has 0 heterocycles. The van der Waals surface area contributed by atoms with E-state index < -0.39 is 12.6 Å². The molecule has 0 saturated carbocycles. The number of carbonyl (C=O) groups is 1. The number of aliphatic carboxylic acids is 1. The summed E-state index contributed by atoms with van der Waals surface area (Å²) in [5.41, 5.74) is 1.84. The van der Waals surface area contributed by atoms with Gasteiger partial charge in [-0.05, 0) is 29.3 Å². The van der Waals surface area contributed by atoms with Gasteiger partial charge in [-0.2, -0.15) is 5.26 Å². The summed E-state index contributed by atoms with van der Waals surface area (Å²) >= 11 is 12.2. The van der Waals surface area contributed by atoms with E-state index >= 15 is 0 Å². The number of allylic oxidation sites excluding steroid dienone is 1. The lowest BCUT2D eigenvalue weighted by Crippen LogP contribution is -2.10. The Morgan fingerprint density at radius 1 is 1.22 bits per heavy atom. The van der Waals surface area contributed by atoms with E-state index in [1.54, 1.807) is 18.2 Å². The quantitative estimate of drug-likeness (QED) is 0.637. The Labute approximate surface area is 143 Å². The molecule has 1 N–H and O–H groups in total. The molecule has 4 nitrogen and oxygen atoms in total. The van der Waals surface area contributed by atoms with E-state index in [1.165, 1.54) is 0 Å². The van der Waals surface area contributed by atoms with E-state index in [2.05, 4.69) is 6.07 Å². The summed E-state index contributed by atoms with van der Waals surface area (Å²) in [7, 11) is 0. The van der Waals surface area contributed by atoms with E-state index in [0.29, 0.717) is 11.1 Å². The van der Waals surface area contributed by atoms with Crippen molar-refractivity contribution >= 4 is 40.8 Å². The highest BCUT2D eigenvalue weighted by Crippen LogP contribution is 2.35. The lowest BCUT2D eigenvalue weighted by Gasteiger charge is -2.09. The molecule has 0 aromatic heterocycles. The van der Waals surface area contributed by atoms with E-state index in [0.717, 1.165) is 5.56 Å². The van der Waals surface area contributed by atoms with Gasteiger partial charge in [-0.3, -0.25) is 0 Å². The summed E-state index contributed by atoms with van der Waals surface area (Å²) in [5.74, 6) is -1.02. The van der Waals surface area contributed by atoms with Crippen LogP contribution in [-0.2, 0) is 4.79 Å². The number of carboxylic acid groups (broad SMARTS) is 1. The monoisotopic (exact) mass is 347 g/mol. The van der Waals surface area contributed by atoms with Gasteiger partial charge in [0, 0.05) is 0 Å². The van der Waals surface area contributed by atoms with Crippen molar-refractivity contribution in [3.63, 3.8) is 0 Å². The van der Waals surface area contributed by atoms with Crippen molar-refractivity contribution < 1.29 is 14.6 Å². The first-order valence-corrected chi connectivity index (χ1v) is 7.27. The molecule has 6 heteroatoms. The topological polar surface area (TPSA) is 70.3 Å². The molecule has 0 fully saturated rings. The molecule has 0 amide bonds. The van der Waals surface area contributed by atoms with Crippen molar-refractivity contribution in [2.24, 2.45) is 0 Å². The van der Waals surface area contributed by atoms with Gasteiger partial charge in [0.15, 0.2) is 12.4 Å². The number of ether oxygens (including phenoxy) is 1. The molecule has 0 aliphatic heterocycles. The normalized spacial score (nSPS) is 10.9.